The Kier molecular flexibility index (Phi) is 5.84. The van der Waals surface area contributed by atoms with E-state index in [0.717, 1.165) is 11.4 Å². The average molecular weight is 454 g/mol. The first-order valence-corrected chi connectivity index (χ1v) is 10.1. The molecule has 114 valence electrons. The summed E-state index contributed by atoms with van der Waals surface area (Å²) in [5, 5.41) is 3.18. The molecule has 0 aliphatic heterocycles. The molecule has 2 rings (SSSR count). The molecule has 8 heteroatoms. The van der Waals surface area contributed by atoms with Crippen LogP contribution in [-0.2, 0) is 16.6 Å². The Morgan fingerprint density at radius 2 is 1.81 bits per heavy atom. The zero-order chi connectivity index (χ0) is 15.5. The van der Waals surface area contributed by atoms with E-state index in [9.17, 15) is 8.42 Å². The summed E-state index contributed by atoms with van der Waals surface area (Å²) in [5.74, 6) is 0. The van der Waals surface area contributed by atoms with E-state index in [1.807, 2.05) is 19.1 Å². The van der Waals surface area contributed by atoms with Gasteiger partial charge in [0.05, 0.1) is 5.69 Å². The second kappa shape index (κ2) is 7.23. The van der Waals surface area contributed by atoms with Gasteiger partial charge in [0, 0.05) is 20.4 Å². The molecule has 1 heterocycles. The molecule has 0 amide bonds. The molecule has 0 unspecified atom stereocenters. The second-order valence-electron chi connectivity index (χ2n) is 4.20. The average Bonchev–Trinajstić information content (AvgIpc) is 2.90. The number of anilines is 1. The molecule has 0 aliphatic rings. The van der Waals surface area contributed by atoms with E-state index >= 15 is 0 Å². The molecular weight excluding hydrogens is 440 g/mol. The lowest BCUT2D eigenvalue weighted by molar-refractivity contribution is 0.603. The minimum absolute atomic E-state index is 0.304. The maximum Gasteiger partial charge on any atom is 0.271 e. The minimum Gasteiger partial charge on any atom is -0.312 e. The van der Waals surface area contributed by atoms with Crippen molar-refractivity contribution in [3.8, 4) is 0 Å². The monoisotopic (exact) mass is 452 g/mol. The number of hydrogen-bond acceptors (Lipinski definition) is 4. The Balaban J connectivity index is 2.24. The van der Waals surface area contributed by atoms with Crippen molar-refractivity contribution in [2.45, 2.75) is 17.7 Å². The van der Waals surface area contributed by atoms with Crippen LogP contribution in [0.5, 0.6) is 0 Å². The van der Waals surface area contributed by atoms with Crippen LogP contribution in [0.1, 0.15) is 11.8 Å². The van der Waals surface area contributed by atoms with Crippen LogP contribution >= 0.6 is 43.2 Å². The Hall–Kier alpha value is -0.410. The van der Waals surface area contributed by atoms with Crippen LogP contribution in [0, 0.1) is 0 Å². The normalized spacial score (nSPS) is 11.6. The van der Waals surface area contributed by atoms with Gasteiger partial charge in [0.15, 0.2) is 0 Å². The van der Waals surface area contributed by atoms with Crippen molar-refractivity contribution >= 4 is 58.9 Å². The SMILES string of the molecule is CCNCc1ccc(S(=O)(=O)Nc2c(Br)cccc2Br)s1. The van der Waals surface area contributed by atoms with E-state index in [4.69, 9.17) is 0 Å². The van der Waals surface area contributed by atoms with Gasteiger partial charge in [-0.3, -0.25) is 4.72 Å². The number of thiophene rings is 1. The summed E-state index contributed by atoms with van der Waals surface area (Å²) in [7, 11) is -3.58. The standard InChI is InChI=1S/C13H14Br2N2O2S2/c1-2-16-8-9-6-7-12(20-9)21(18,19)17-13-10(14)4-3-5-11(13)15/h3-7,16-17H,2,8H2,1H3. The Labute approximate surface area is 145 Å². The topological polar surface area (TPSA) is 58.2 Å². The highest BCUT2D eigenvalue weighted by molar-refractivity contribution is 9.11. The van der Waals surface area contributed by atoms with Gasteiger partial charge in [0.1, 0.15) is 4.21 Å². The lowest BCUT2D eigenvalue weighted by atomic mass is 10.3. The van der Waals surface area contributed by atoms with Crippen molar-refractivity contribution in [2.24, 2.45) is 0 Å². The van der Waals surface area contributed by atoms with E-state index in [1.165, 1.54) is 11.3 Å². The lowest BCUT2D eigenvalue weighted by Gasteiger charge is -2.10. The van der Waals surface area contributed by atoms with Crippen LogP contribution in [0.4, 0.5) is 5.69 Å². The molecular formula is C13H14Br2N2O2S2. The van der Waals surface area contributed by atoms with Gasteiger partial charge in [-0.25, -0.2) is 8.42 Å². The minimum atomic E-state index is -3.58. The van der Waals surface area contributed by atoms with Gasteiger partial charge in [-0.15, -0.1) is 11.3 Å². The van der Waals surface area contributed by atoms with Gasteiger partial charge in [-0.1, -0.05) is 13.0 Å². The molecule has 0 saturated heterocycles. The predicted octanol–water partition coefficient (Wildman–Crippen LogP) is 4.18. The summed E-state index contributed by atoms with van der Waals surface area (Å²) in [6.45, 7) is 3.54. The third kappa shape index (κ3) is 4.29. The summed E-state index contributed by atoms with van der Waals surface area (Å²) in [6.07, 6.45) is 0. The number of para-hydroxylation sites is 1. The van der Waals surface area contributed by atoms with E-state index in [2.05, 4.69) is 41.9 Å². The molecule has 0 atom stereocenters. The first-order chi connectivity index (χ1) is 9.94. The maximum absolute atomic E-state index is 12.4. The fourth-order valence-corrected chi connectivity index (χ4v) is 5.51. The van der Waals surface area contributed by atoms with Crippen LogP contribution in [0.2, 0.25) is 0 Å². The van der Waals surface area contributed by atoms with Gasteiger partial charge >= 0.3 is 0 Å². The highest BCUT2D eigenvalue weighted by Crippen LogP contribution is 2.33. The fourth-order valence-electron chi connectivity index (χ4n) is 1.63. The van der Waals surface area contributed by atoms with Crippen molar-refractivity contribution in [3.05, 3.63) is 44.2 Å². The zero-order valence-electron chi connectivity index (χ0n) is 11.2. The summed E-state index contributed by atoms with van der Waals surface area (Å²) in [4.78, 5) is 0.989. The third-order valence-electron chi connectivity index (χ3n) is 2.65. The highest BCUT2D eigenvalue weighted by atomic mass is 79.9. The molecule has 0 radical (unpaired) electrons. The first-order valence-electron chi connectivity index (χ1n) is 6.20. The summed E-state index contributed by atoms with van der Waals surface area (Å²) >= 11 is 7.96. The molecule has 4 nitrogen and oxygen atoms in total. The Bertz CT molecular complexity index is 709. The number of benzene rings is 1. The zero-order valence-corrected chi connectivity index (χ0v) is 16.0. The number of rotatable bonds is 6. The molecule has 21 heavy (non-hydrogen) atoms. The molecule has 0 fully saturated rings. The molecule has 1 aromatic carbocycles. The summed E-state index contributed by atoms with van der Waals surface area (Å²) in [5.41, 5.74) is 0.499. The van der Waals surface area contributed by atoms with Crippen molar-refractivity contribution in [2.75, 3.05) is 11.3 Å². The number of hydrogen-bond donors (Lipinski definition) is 2. The summed E-state index contributed by atoms with van der Waals surface area (Å²) < 4.78 is 29.1. The van der Waals surface area contributed by atoms with E-state index < -0.39 is 10.0 Å². The van der Waals surface area contributed by atoms with Crippen molar-refractivity contribution in [1.29, 1.82) is 0 Å². The predicted molar refractivity (Wildman–Crippen MR) is 94.4 cm³/mol. The first kappa shape index (κ1) is 17.0. The number of nitrogens with one attached hydrogen (secondary N) is 2. The molecule has 0 aliphatic carbocycles. The fraction of sp³-hybridized carbons (Fsp3) is 0.231. The van der Waals surface area contributed by atoms with E-state index in [1.54, 1.807) is 18.2 Å². The van der Waals surface area contributed by atoms with Crippen LogP contribution in [-0.4, -0.2) is 15.0 Å². The van der Waals surface area contributed by atoms with Crippen LogP contribution in [0.3, 0.4) is 0 Å². The molecule has 0 spiro atoms. The maximum atomic E-state index is 12.4. The van der Waals surface area contributed by atoms with Crippen LogP contribution in [0.25, 0.3) is 0 Å². The lowest BCUT2D eigenvalue weighted by Crippen LogP contribution is -2.12. The Morgan fingerprint density at radius 1 is 1.14 bits per heavy atom. The molecule has 1 aromatic heterocycles. The largest absolute Gasteiger partial charge is 0.312 e. The van der Waals surface area contributed by atoms with Gasteiger partial charge in [-0.2, -0.15) is 0 Å². The van der Waals surface area contributed by atoms with Crippen LogP contribution < -0.4 is 10.0 Å². The number of sulfonamides is 1. The van der Waals surface area contributed by atoms with Gasteiger partial charge in [0.25, 0.3) is 10.0 Å². The Morgan fingerprint density at radius 3 is 2.43 bits per heavy atom. The highest BCUT2D eigenvalue weighted by Gasteiger charge is 2.19. The van der Waals surface area contributed by atoms with E-state index in [-0.39, 0.29) is 0 Å². The number of halogens is 2. The third-order valence-corrected chi connectivity index (χ3v) is 6.90. The molecule has 0 saturated carbocycles. The second-order valence-corrected chi connectivity index (χ2v) is 8.99. The quantitative estimate of drug-likeness (QED) is 0.689. The van der Waals surface area contributed by atoms with Crippen molar-refractivity contribution < 1.29 is 8.42 Å². The smallest absolute Gasteiger partial charge is 0.271 e. The summed E-state index contributed by atoms with van der Waals surface area (Å²) in [6, 6.07) is 8.86. The van der Waals surface area contributed by atoms with Gasteiger partial charge < -0.3 is 5.32 Å². The van der Waals surface area contributed by atoms with Crippen LogP contribution in [0.15, 0.2) is 43.5 Å². The molecule has 2 N–H and O–H groups in total. The van der Waals surface area contributed by atoms with Crippen molar-refractivity contribution in [1.82, 2.24) is 5.32 Å². The molecule has 0 bridgehead atoms. The van der Waals surface area contributed by atoms with Gasteiger partial charge in [0.2, 0.25) is 0 Å². The van der Waals surface area contributed by atoms with Gasteiger partial charge in [-0.05, 0) is 62.7 Å². The van der Waals surface area contributed by atoms with E-state index in [0.29, 0.717) is 25.4 Å². The molecule has 2 aromatic rings. The van der Waals surface area contributed by atoms with Crippen molar-refractivity contribution in [3.63, 3.8) is 0 Å².